The van der Waals surface area contributed by atoms with E-state index < -0.39 is 48.7 Å². The molecule has 0 spiro atoms. The molecule has 11 heteroatoms. The summed E-state index contributed by atoms with van der Waals surface area (Å²) in [6.45, 7) is 8.50. The molecule has 0 bridgehead atoms. The Labute approximate surface area is 159 Å². The van der Waals surface area contributed by atoms with Crippen molar-refractivity contribution in [1.82, 2.24) is 14.6 Å². The maximum absolute atomic E-state index is 13.0. The standard InChI is InChI=1S/C17H20FN5O5/c1-16(2,6-18)15(26)27-7-17(20-3)13(25)11(24)12(28-17)9-4-5-10-14(19)21-8-22-23(9)10/h4-5,8,11-13,24-25H,6-7H2,1-2H3,(H2,19,21,22)/t11-,12-,13-,17+/m0/s1. The summed E-state index contributed by atoms with van der Waals surface area (Å²) in [6.07, 6.45) is -3.11. The number of rotatable bonds is 5. The second-order valence-corrected chi connectivity index (χ2v) is 7.22. The average Bonchev–Trinajstić information content (AvgIpc) is 3.21. The van der Waals surface area contributed by atoms with Gasteiger partial charge in [0.15, 0.2) is 18.5 Å². The lowest BCUT2D eigenvalue weighted by molar-refractivity contribution is -0.166. The Bertz CT molecular complexity index is 942. The van der Waals surface area contributed by atoms with Gasteiger partial charge in [-0.3, -0.25) is 14.4 Å². The SMILES string of the molecule is [C-]#[N+][C@]1(COC(=O)C(C)(C)CF)O[C@@H](c2ccc3c(N)ncnn23)[C@H](O)[C@@H]1O. The molecule has 1 saturated heterocycles. The minimum atomic E-state index is -2.05. The molecule has 2 aromatic heterocycles. The Morgan fingerprint density at radius 2 is 2.25 bits per heavy atom. The minimum Gasteiger partial charge on any atom is -0.453 e. The number of hydrogen-bond acceptors (Lipinski definition) is 8. The first kappa shape index (κ1) is 19.9. The van der Waals surface area contributed by atoms with Crippen LogP contribution in [0.25, 0.3) is 10.4 Å². The lowest BCUT2D eigenvalue weighted by Gasteiger charge is -2.23. The first-order chi connectivity index (χ1) is 13.2. The topological polar surface area (TPSA) is 137 Å². The average molecular weight is 393 g/mol. The van der Waals surface area contributed by atoms with E-state index in [4.69, 9.17) is 21.8 Å². The number of nitrogens with two attached hydrogens (primary N) is 1. The van der Waals surface area contributed by atoms with Crippen LogP contribution in [0.4, 0.5) is 10.2 Å². The van der Waals surface area contributed by atoms with Gasteiger partial charge in [0.25, 0.3) is 0 Å². The summed E-state index contributed by atoms with van der Waals surface area (Å²) in [5.41, 5.74) is 3.12. The van der Waals surface area contributed by atoms with Crippen LogP contribution in [0.2, 0.25) is 0 Å². The van der Waals surface area contributed by atoms with Gasteiger partial charge >= 0.3 is 11.7 Å². The summed E-state index contributed by atoms with van der Waals surface area (Å²) in [5.74, 6) is -0.687. The van der Waals surface area contributed by atoms with Gasteiger partial charge < -0.3 is 20.7 Å². The van der Waals surface area contributed by atoms with E-state index in [9.17, 15) is 19.4 Å². The van der Waals surface area contributed by atoms with Crippen LogP contribution in [-0.2, 0) is 14.3 Å². The Hall–Kier alpha value is -2.81. The van der Waals surface area contributed by atoms with Gasteiger partial charge in [-0.15, -0.1) is 0 Å². The second kappa shape index (κ2) is 6.97. The lowest BCUT2D eigenvalue weighted by Crippen LogP contribution is -2.45. The molecule has 0 unspecified atom stereocenters. The summed E-state index contributed by atoms with van der Waals surface area (Å²) in [5, 5.41) is 25.0. The number of anilines is 1. The predicted octanol–water partition coefficient (Wildman–Crippen LogP) is 0.259. The number of aliphatic hydroxyl groups excluding tert-OH is 2. The van der Waals surface area contributed by atoms with Crippen LogP contribution < -0.4 is 5.73 Å². The predicted molar refractivity (Wildman–Crippen MR) is 93.3 cm³/mol. The third kappa shape index (κ3) is 3.05. The summed E-state index contributed by atoms with van der Waals surface area (Å²) in [6, 6.07) is 3.17. The molecule has 0 aromatic carbocycles. The minimum absolute atomic E-state index is 0.202. The second-order valence-electron chi connectivity index (χ2n) is 7.22. The Kier molecular flexibility index (Phi) is 4.97. The highest BCUT2D eigenvalue weighted by Gasteiger charge is 2.62. The first-order valence-electron chi connectivity index (χ1n) is 8.41. The van der Waals surface area contributed by atoms with Crippen molar-refractivity contribution in [2.45, 2.75) is 37.9 Å². The van der Waals surface area contributed by atoms with Crippen molar-refractivity contribution in [3.63, 3.8) is 0 Å². The fourth-order valence-electron chi connectivity index (χ4n) is 2.88. The molecule has 0 amide bonds. The molecule has 0 aliphatic carbocycles. The van der Waals surface area contributed by atoms with Crippen molar-refractivity contribution in [2.24, 2.45) is 5.41 Å². The molecule has 1 aliphatic rings. The van der Waals surface area contributed by atoms with E-state index in [1.54, 1.807) is 12.1 Å². The summed E-state index contributed by atoms with van der Waals surface area (Å²) in [7, 11) is 0. The van der Waals surface area contributed by atoms with E-state index >= 15 is 0 Å². The van der Waals surface area contributed by atoms with E-state index in [0.717, 1.165) is 0 Å². The van der Waals surface area contributed by atoms with Crippen LogP contribution in [0.1, 0.15) is 25.6 Å². The van der Waals surface area contributed by atoms with Crippen molar-refractivity contribution in [2.75, 3.05) is 19.0 Å². The summed E-state index contributed by atoms with van der Waals surface area (Å²) in [4.78, 5) is 19.2. The number of hydrogen-bond donors (Lipinski definition) is 3. The fraction of sp³-hybridized carbons (Fsp3) is 0.529. The molecule has 1 aliphatic heterocycles. The molecule has 10 nitrogen and oxygen atoms in total. The number of esters is 1. The van der Waals surface area contributed by atoms with E-state index in [1.165, 1.54) is 24.7 Å². The van der Waals surface area contributed by atoms with Gasteiger partial charge in [0.1, 0.15) is 30.7 Å². The number of nitrogens with zero attached hydrogens (tertiary/aromatic N) is 4. The first-order valence-corrected chi connectivity index (χ1v) is 8.41. The molecule has 0 radical (unpaired) electrons. The Morgan fingerprint density at radius 1 is 1.54 bits per heavy atom. The van der Waals surface area contributed by atoms with E-state index in [-0.39, 0.29) is 5.82 Å². The van der Waals surface area contributed by atoms with Crippen LogP contribution in [0.3, 0.4) is 0 Å². The number of alkyl halides is 1. The number of ether oxygens (including phenoxy) is 2. The number of aliphatic hydroxyl groups is 2. The van der Waals surface area contributed by atoms with Crippen LogP contribution >= 0.6 is 0 Å². The van der Waals surface area contributed by atoms with Crippen LogP contribution in [0.5, 0.6) is 0 Å². The van der Waals surface area contributed by atoms with Gasteiger partial charge in [-0.05, 0) is 26.0 Å². The van der Waals surface area contributed by atoms with Gasteiger partial charge in [0.05, 0.1) is 11.1 Å². The largest absolute Gasteiger partial charge is 0.453 e. The molecule has 150 valence electrons. The number of carbonyl (C=O) groups excluding carboxylic acids is 1. The third-order valence-electron chi connectivity index (χ3n) is 4.72. The quantitative estimate of drug-likeness (QED) is 0.486. The zero-order valence-electron chi connectivity index (χ0n) is 15.2. The van der Waals surface area contributed by atoms with Crippen molar-refractivity contribution in [3.05, 3.63) is 35.6 Å². The Balaban J connectivity index is 1.88. The number of aromatic nitrogens is 3. The van der Waals surface area contributed by atoms with Gasteiger partial charge in [-0.25, -0.2) is 20.5 Å². The molecule has 4 N–H and O–H groups in total. The highest BCUT2D eigenvalue weighted by Crippen LogP contribution is 2.42. The number of nitrogen functional groups attached to an aromatic ring is 1. The van der Waals surface area contributed by atoms with Gasteiger partial charge in [0.2, 0.25) is 0 Å². The molecular weight excluding hydrogens is 373 g/mol. The molecule has 0 saturated carbocycles. The van der Waals surface area contributed by atoms with Gasteiger partial charge in [-0.2, -0.15) is 5.10 Å². The molecular formula is C17H20FN5O5. The molecule has 3 rings (SSSR count). The molecule has 4 atom stereocenters. The lowest BCUT2D eigenvalue weighted by atomic mass is 9.96. The van der Waals surface area contributed by atoms with Crippen LogP contribution in [-0.4, -0.2) is 62.0 Å². The maximum atomic E-state index is 13.0. The van der Waals surface area contributed by atoms with Crippen molar-refractivity contribution in [3.8, 4) is 0 Å². The van der Waals surface area contributed by atoms with E-state index in [0.29, 0.717) is 11.2 Å². The van der Waals surface area contributed by atoms with Gasteiger partial charge in [0, 0.05) is 0 Å². The molecule has 3 heterocycles. The number of fused-ring (bicyclic) bond motifs is 1. The van der Waals surface area contributed by atoms with Crippen molar-refractivity contribution >= 4 is 17.3 Å². The van der Waals surface area contributed by atoms with Crippen LogP contribution in [0, 0.1) is 12.0 Å². The van der Waals surface area contributed by atoms with Crippen molar-refractivity contribution in [1.29, 1.82) is 0 Å². The smallest absolute Gasteiger partial charge is 0.400 e. The van der Waals surface area contributed by atoms with Crippen LogP contribution in [0.15, 0.2) is 18.5 Å². The third-order valence-corrected chi connectivity index (χ3v) is 4.72. The van der Waals surface area contributed by atoms with Crippen molar-refractivity contribution < 1.29 is 28.9 Å². The van der Waals surface area contributed by atoms with E-state index in [1.807, 2.05) is 0 Å². The normalized spacial score (nSPS) is 27.6. The zero-order valence-corrected chi connectivity index (χ0v) is 15.2. The number of halogens is 1. The van der Waals surface area contributed by atoms with E-state index in [2.05, 4.69) is 14.9 Å². The highest BCUT2D eigenvalue weighted by atomic mass is 19.1. The zero-order chi connectivity index (χ0) is 20.7. The highest BCUT2D eigenvalue weighted by molar-refractivity contribution is 5.76. The molecule has 28 heavy (non-hydrogen) atoms. The number of carbonyl (C=O) groups is 1. The molecule has 1 fully saturated rings. The summed E-state index contributed by atoms with van der Waals surface area (Å²) >= 11 is 0. The fourth-order valence-corrected chi connectivity index (χ4v) is 2.88. The molecule has 2 aromatic rings. The monoisotopic (exact) mass is 393 g/mol. The maximum Gasteiger partial charge on any atom is 0.400 e. The summed E-state index contributed by atoms with van der Waals surface area (Å²) < 4.78 is 25.0. The Morgan fingerprint density at radius 3 is 2.89 bits per heavy atom. The van der Waals surface area contributed by atoms with Gasteiger partial charge in [-0.1, -0.05) is 0 Å².